The van der Waals surface area contributed by atoms with Crippen molar-refractivity contribution in [3.8, 4) is 6.07 Å². The fourth-order valence-corrected chi connectivity index (χ4v) is 2.32. The monoisotopic (exact) mass is 324 g/mol. The largest absolute Gasteiger partial charge is 0.481 e. The minimum atomic E-state index is -0.786. The molecule has 4 nitrogen and oxygen atoms in total. The Labute approximate surface area is 121 Å². The number of carboxylic acid groups (broad SMARTS) is 1. The first-order valence-electron chi connectivity index (χ1n) is 6.10. The lowest BCUT2D eigenvalue weighted by Crippen LogP contribution is -2.24. The molecule has 1 unspecified atom stereocenters. The molecule has 0 aromatic heterocycles. The van der Waals surface area contributed by atoms with Crippen molar-refractivity contribution in [1.29, 1.82) is 5.26 Å². The van der Waals surface area contributed by atoms with Crippen LogP contribution in [-0.4, -0.2) is 17.6 Å². The molecule has 0 bridgehead atoms. The van der Waals surface area contributed by atoms with E-state index in [0.717, 1.165) is 10.2 Å². The van der Waals surface area contributed by atoms with Crippen LogP contribution in [0.2, 0.25) is 0 Å². The molecule has 0 aliphatic heterocycles. The average Bonchev–Trinajstić information content (AvgIpc) is 2.34. The summed E-state index contributed by atoms with van der Waals surface area (Å²) in [5.41, 5.74) is 1.36. The van der Waals surface area contributed by atoms with Crippen LogP contribution in [0.3, 0.4) is 0 Å². The summed E-state index contributed by atoms with van der Waals surface area (Å²) in [6.45, 7) is 4.39. The average molecular weight is 325 g/mol. The van der Waals surface area contributed by atoms with Crippen LogP contribution in [0.1, 0.15) is 25.8 Å². The molecule has 5 heteroatoms. The number of hydrogen-bond acceptors (Lipinski definition) is 3. The fourth-order valence-electron chi connectivity index (χ4n) is 1.80. The second-order valence-electron chi connectivity index (χ2n) is 4.85. The Morgan fingerprint density at radius 1 is 1.53 bits per heavy atom. The predicted molar refractivity (Wildman–Crippen MR) is 77.9 cm³/mol. The first-order valence-corrected chi connectivity index (χ1v) is 6.89. The van der Waals surface area contributed by atoms with Crippen molar-refractivity contribution < 1.29 is 9.90 Å². The normalized spacial score (nSPS) is 11.9. The van der Waals surface area contributed by atoms with Gasteiger partial charge in [-0.25, -0.2) is 0 Å². The van der Waals surface area contributed by atoms with Crippen molar-refractivity contribution in [3.05, 3.63) is 28.2 Å². The molecule has 1 aromatic rings. The minimum absolute atomic E-state index is 0.340. The number of benzene rings is 1. The summed E-state index contributed by atoms with van der Waals surface area (Å²) in [7, 11) is 0. The quantitative estimate of drug-likeness (QED) is 0.840. The van der Waals surface area contributed by atoms with Crippen LogP contribution in [-0.2, 0) is 4.79 Å². The molecule has 102 valence electrons. The summed E-state index contributed by atoms with van der Waals surface area (Å²) in [6, 6.07) is 7.24. The van der Waals surface area contributed by atoms with E-state index in [1.807, 2.05) is 13.8 Å². The first-order chi connectivity index (χ1) is 8.93. The maximum Gasteiger partial charge on any atom is 0.308 e. The van der Waals surface area contributed by atoms with E-state index in [0.29, 0.717) is 24.4 Å². The Kier molecular flexibility index (Phi) is 5.84. The van der Waals surface area contributed by atoms with Gasteiger partial charge in [-0.05, 0) is 46.5 Å². The van der Waals surface area contributed by atoms with Crippen LogP contribution in [0.25, 0.3) is 0 Å². The number of carbonyl (C=O) groups is 1. The number of nitriles is 1. The van der Waals surface area contributed by atoms with Gasteiger partial charge in [0.25, 0.3) is 0 Å². The van der Waals surface area contributed by atoms with Crippen LogP contribution in [0.5, 0.6) is 0 Å². The van der Waals surface area contributed by atoms with E-state index in [2.05, 4.69) is 27.3 Å². The molecule has 0 saturated heterocycles. The first kappa shape index (κ1) is 15.5. The molecule has 1 aromatic carbocycles. The van der Waals surface area contributed by atoms with Crippen molar-refractivity contribution >= 4 is 27.6 Å². The molecule has 0 aliphatic rings. The van der Waals surface area contributed by atoms with Crippen molar-refractivity contribution in [3.63, 3.8) is 0 Å². The maximum absolute atomic E-state index is 11.1. The van der Waals surface area contributed by atoms with Gasteiger partial charge in [0.15, 0.2) is 0 Å². The summed E-state index contributed by atoms with van der Waals surface area (Å²) >= 11 is 3.36. The van der Waals surface area contributed by atoms with Crippen LogP contribution >= 0.6 is 15.9 Å². The third kappa shape index (κ3) is 4.92. The molecule has 1 rings (SSSR count). The van der Waals surface area contributed by atoms with E-state index in [1.165, 1.54) is 0 Å². The highest BCUT2D eigenvalue weighted by Gasteiger charge is 2.18. The summed E-state index contributed by atoms with van der Waals surface area (Å²) in [4.78, 5) is 11.1. The number of hydrogen-bond donors (Lipinski definition) is 2. The second-order valence-corrected chi connectivity index (χ2v) is 5.71. The van der Waals surface area contributed by atoms with Crippen molar-refractivity contribution in [2.45, 2.75) is 20.3 Å². The van der Waals surface area contributed by atoms with Crippen molar-refractivity contribution in [1.82, 2.24) is 0 Å². The Bertz CT molecular complexity index is 495. The van der Waals surface area contributed by atoms with Crippen molar-refractivity contribution in [2.75, 3.05) is 11.9 Å². The number of rotatable bonds is 6. The molecule has 2 N–H and O–H groups in total. The van der Waals surface area contributed by atoms with Gasteiger partial charge >= 0.3 is 5.97 Å². The Balaban J connectivity index is 2.69. The molecule has 1 atom stereocenters. The number of aliphatic carboxylic acids is 1. The van der Waals surface area contributed by atoms with Crippen molar-refractivity contribution in [2.24, 2.45) is 11.8 Å². The van der Waals surface area contributed by atoms with E-state index in [1.54, 1.807) is 18.2 Å². The van der Waals surface area contributed by atoms with Gasteiger partial charge in [0.05, 0.1) is 17.6 Å². The summed E-state index contributed by atoms with van der Waals surface area (Å²) in [5, 5.41) is 21.0. The second kappa shape index (κ2) is 7.15. The van der Waals surface area contributed by atoms with E-state index in [9.17, 15) is 4.79 Å². The third-order valence-corrected chi connectivity index (χ3v) is 3.40. The standard InChI is InChI=1S/C14H17BrN2O2/c1-9(2)5-11(14(18)19)8-17-13-4-3-10(7-16)6-12(13)15/h3-4,6,9,11,17H,5,8H2,1-2H3,(H,18,19). The van der Waals surface area contributed by atoms with E-state index in [-0.39, 0.29) is 0 Å². The molecule has 0 saturated carbocycles. The maximum atomic E-state index is 11.1. The Hall–Kier alpha value is -1.54. The third-order valence-electron chi connectivity index (χ3n) is 2.74. The van der Waals surface area contributed by atoms with E-state index in [4.69, 9.17) is 10.4 Å². The van der Waals surface area contributed by atoms with Gasteiger partial charge in [-0.2, -0.15) is 5.26 Å². The molecule has 0 amide bonds. The van der Waals surface area contributed by atoms with Gasteiger partial charge < -0.3 is 10.4 Å². The highest BCUT2D eigenvalue weighted by molar-refractivity contribution is 9.10. The molecule has 0 fully saturated rings. The van der Waals surface area contributed by atoms with E-state index < -0.39 is 11.9 Å². The lowest BCUT2D eigenvalue weighted by molar-refractivity contribution is -0.141. The van der Waals surface area contributed by atoms with Gasteiger partial charge in [-0.3, -0.25) is 4.79 Å². The zero-order chi connectivity index (χ0) is 14.4. The highest BCUT2D eigenvalue weighted by Crippen LogP contribution is 2.24. The van der Waals surface area contributed by atoms with Gasteiger partial charge in [0, 0.05) is 16.7 Å². The smallest absolute Gasteiger partial charge is 0.308 e. The SMILES string of the molecule is CC(C)CC(CNc1ccc(C#N)cc1Br)C(=O)O. The summed E-state index contributed by atoms with van der Waals surface area (Å²) in [6.07, 6.45) is 0.635. The zero-order valence-corrected chi connectivity index (χ0v) is 12.6. The summed E-state index contributed by atoms with van der Waals surface area (Å²) < 4.78 is 0.764. The number of carboxylic acids is 1. The Morgan fingerprint density at radius 3 is 2.68 bits per heavy atom. The topological polar surface area (TPSA) is 73.1 Å². The molecular weight excluding hydrogens is 308 g/mol. The minimum Gasteiger partial charge on any atom is -0.481 e. The molecule has 0 aliphatic carbocycles. The number of anilines is 1. The molecule has 0 radical (unpaired) electrons. The van der Waals surface area contributed by atoms with Gasteiger partial charge in [-0.1, -0.05) is 13.8 Å². The van der Waals surface area contributed by atoms with Crippen LogP contribution in [0.4, 0.5) is 5.69 Å². The lowest BCUT2D eigenvalue weighted by atomic mass is 9.97. The Morgan fingerprint density at radius 2 is 2.21 bits per heavy atom. The van der Waals surface area contributed by atoms with Crippen LogP contribution in [0.15, 0.2) is 22.7 Å². The fraction of sp³-hybridized carbons (Fsp3) is 0.429. The molecular formula is C14H17BrN2O2. The van der Waals surface area contributed by atoms with Crippen LogP contribution < -0.4 is 5.32 Å². The predicted octanol–water partition coefficient (Wildman–Crippen LogP) is 3.48. The lowest BCUT2D eigenvalue weighted by Gasteiger charge is -2.16. The van der Waals surface area contributed by atoms with E-state index >= 15 is 0 Å². The molecule has 19 heavy (non-hydrogen) atoms. The summed E-state index contributed by atoms with van der Waals surface area (Å²) in [5.74, 6) is -0.860. The van der Waals surface area contributed by atoms with Gasteiger partial charge in [-0.15, -0.1) is 0 Å². The number of nitrogens with zero attached hydrogens (tertiary/aromatic N) is 1. The zero-order valence-electron chi connectivity index (χ0n) is 11.0. The number of halogens is 1. The van der Waals surface area contributed by atoms with Gasteiger partial charge in [0.1, 0.15) is 0 Å². The highest BCUT2D eigenvalue weighted by atomic mass is 79.9. The molecule has 0 heterocycles. The molecule has 0 spiro atoms. The number of nitrogens with one attached hydrogen (secondary N) is 1. The van der Waals surface area contributed by atoms with Crippen LogP contribution in [0, 0.1) is 23.2 Å². The van der Waals surface area contributed by atoms with Gasteiger partial charge in [0.2, 0.25) is 0 Å².